The second-order valence-electron chi connectivity index (χ2n) is 4.98. The molecule has 0 unspecified atom stereocenters. The summed E-state index contributed by atoms with van der Waals surface area (Å²) in [6, 6.07) is 3.66. The van der Waals surface area contributed by atoms with Gasteiger partial charge < -0.3 is 9.84 Å². The molecular formula is C14H18N2O3. The van der Waals surface area contributed by atoms with Crippen LogP contribution in [0.2, 0.25) is 0 Å². The quantitative estimate of drug-likeness (QED) is 0.764. The van der Waals surface area contributed by atoms with Crippen LogP contribution in [-0.2, 0) is 0 Å². The Labute approximate surface area is 112 Å². The third-order valence-corrected chi connectivity index (χ3v) is 2.77. The molecule has 0 bridgehead atoms. The minimum Gasteiger partial charge on any atom is -0.491 e. The van der Waals surface area contributed by atoms with Crippen molar-refractivity contribution < 1.29 is 14.6 Å². The largest absolute Gasteiger partial charge is 0.491 e. The van der Waals surface area contributed by atoms with Crippen molar-refractivity contribution in [3.8, 4) is 11.8 Å². The average Bonchev–Trinajstić information content (AvgIpc) is 2.38. The number of hydrogen-bond donors (Lipinski definition) is 1. The average molecular weight is 262 g/mol. The van der Waals surface area contributed by atoms with Gasteiger partial charge in [-0.3, -0.25) is 4.98 Å². The van der Waals surface area contributed by atoms with Crippen molar-refractivity contribution in [1.82, 2.24) is 4.98 Å². The van der Waals surface area contributed by atoms with Crippen LogP contribution in [0.15, 0.2) is 18.5 Å². The van der Waals surface area contributed by atoms with E-state index in [-0.39, 0.29) is 16.7 Å². The standard InChI is InChI=1S/C14H18N2O3/c1-14(2,10-15)6-3-4-8-19-12-9-16-7-5-11(12)13(17)18/h5,7,9H,3-4,6,8H2,1-2H3,(H,17,18). The Morgan fingerprint density at radius 3 is 2.89 bits per heavy atom. The van der Waals surface area contributed by atoms with E-state index >= 15 is 0 Å². The highest BCUT2D eigenvalue weighted by molar-refractivity contribution is 5.90. The van der Waals surface area contributed by atoms with Crippen LogP contribution in [0.1, 0.15) is 43.5 Å². The van der Waals surface area contributed by atoms with E-state index < -0.39 is 5.97 Å². The van der Waals surface area contributed by atoms with Gasteiger partial charge in [-0.25, -0.2) is 4.79 Å². The summed E-state index contributed by atoms with van der Waals surface area (Å²) in [7, 11) is 0. The van der Waals surface area contributed by atoms with E-state index in [0.29, 0.717) is 6.61 Å². The third kappa shape index (κ3) is 4.96. The molecule has 0 atom stereocenters. The van der Waals surface area contributed by atoms with Crippen molar-refractivity contribution >= 4 is 5.97 Å². The fraction of sp³-hybridized carbons (Fsp3) is 0.500. The van der Waals surface area contributed by atoms with Gasteiger partial charge in [0.25, 0.3) is 0 Å². The fourth-order valence-electron chi connectivity index (χ4n) is 1.58. The number of carboxylic acid groups (broad SMARTS) is 1. The molecule has 1 rings (SSSR count). The lowest BCUT2D eigenvalue weighted by Crippen LogP contribution is -2.09. The second kappa shape index (κ2) is 6.74. The van der Waals surface area contributed by atoms with Gasteiger partial charge in [0, 0.05) is 6.20 Å². The van der Waals surface area contributed by atoms with Crippen molar-refractivity contribution in [2.45, 2.75) is 33.1 Å². The Hall–Kier alpha value is -2.09. The number of hydrogen-bond acceptors (Lipinski definition) is 4. The first-order valence-corrected chi connectivity index (χ1v) is 6.17. The Kier molecular flexibility index (Phi) is 5.31. The number of rotatable bonds is 7. The Morgan fingerprint density at radius 2 is 2.26 bits per heavy atom. The van der Waals surface area contributed by atoms with Crippen LogP contribution >= 0.6 is 0 Å². The van der Waals surface area contributed by atoms with Gasteiger partial charge in [-0.15, -0.1) is 0 Å². The van der Waals surface area contributed by atoms with Gasteiger partial charge in [0.1, 0.15) is 5.56 Å². The van der Waals surface area contributed by atoms with Crippen LogP contribution < -0.4 is 4.74 Å². The highest BCUT2D eigenvalue weighted by atomic mass is 16.5. The second-order valence-corrected chi connectivity index (χ2v) is 4.98. The number of aromatic nitrogens is 1. The number of unbranched alkanes of at least 4 members (excludes halogenated alkanes) is 1. The molecule has 0 aliphatic heterocycles. The molecule has 1 heterocycles. The minimum absolute atomic E-state index is 0.118. The predicted molar refractivity (Wildman–Crippen MR) is 69.9 cm³/mol. The molecule has 0 spiro atoms. The van der Waals surface area contributed by atoms with E-state index in [0.717, 1.165) is 19.3 Å². The van der Waals surface area contributed by atoms with E-state index in [9.17, 15) is 4.79 Å². The number of nitrogens with zero attached hydrogens (tertiary/aromatic N) is 2. The summed E-state index contributed by atoms with van der Waals surface area (Å²) in [6.45, 7) is 4.22. The molecule has 0 aliphatic rings. The highest BCUT2D eigenvalue weighted by Crippen LogP contribution is 2.22. The Bertz CT molecular complexity index is 478. The lowest BCUT2D eigenvalue weighted by atomic mass is 9.89. The van der Waals surface area contributed by atoms with Crippen molar-refractivity contribution in [3.05, 3.63) is 24.0 Å². The van der Waals surface area contributed by atoms with Crippen LogP contribution in [0.5, 0.6) is 5.75 Å². The normalized spacial score (nSPS) is 10.8. The molecule has 102 valence electrons. The first-order valence-electron chi connectivity index (χ1n) is 6.17. The van der Waals surface area contributed by atoms with Crippen molar-refractivity contribution in [1.29, 1.82) is 5.26 Å². The SMILES string of the molecule is CC(C)(C#N)CCCCOc1cnccc1C(=O)O. The summed E-state index contributed by atoms with van der Waals surface area (Å²) in [5, 5.41) is 17.8. The molecule has 0 fully saturated rings. The van der Waals surface area contributed by atoms with Crippen LogP contribution in [-0.4, -0.2) is 22.7 Å². The maximum Gasteiger partial charge on any atom is 0.339 e. The zero-order valence-electron chi connectivity index (χ0n) is 11.2. The molecule has 0 radical (unpaired) electrons. The lowest BCUT2D eigenvalue weighted by Gasteiger charge is -2.14. The van der Waals surface area contributed by atoms with Gasteiger partial charge in [-0.1, -0.05) is 0 Å². The monoisotopic (exact) mass is 262 g/mol. The zero-order valence-corrected chi connectivity index (χ0v) is 11.2. The first kappa shape index (κ1) is 15.0. The maximum absolute atomic E-state index is 10.9. The fourth-order valence-corrected chi connectivity index (χ4v) is 1.58. The summed E-state index contributed by atoms with van der Waals surface area (Å²) in [6.07, 6.45) is 5.27. The van der Waals surface area contributed by atoms with Gasteiger partial charge in [0.05, 0.1) is 24.3 Å². The summed E-state index contributed by atoms with van der Waals surface area (Å²) in [5.74, 6) is -0.738. The molecule has 5 nitrogen and oxygen atoms in total. The Balaban J connectivity index is 2.39. The van der Waals surface area contributed by atoms with Crippen LogP contribution in [0.4, 0.5) is 0 Å². The molecule has 19 heavy (non-hydrogen) atoms. The maximum atomic E-state index is 10.9. The zero-order chi connectivity index (χ0) is 14.3. The van der Waals surface area contributed by atoms with Crippen molar-refractivity contribution in [2.24, 2.45) is 5.41 Å². The van der Waals surface area contributed by atoms with Crippen LogP contribution in [0, 0.1) is 16.7 Å². The first-order chi connectivity index (χ1) is 8.96. The summed E-state index contributed by atoms with van der Waals surface area (Å²) < 4.78 is 5.42. The minimum atomic E-state index is -1.02. The molecule has 0 saturated heterocycles. The summed E-state index contributed by atoms with van der Waals surface area (Å²) in [4.78, 5) is 14.8. The molecule has 0 saturated carbocycles. The lowest BCUT2D eigenvalue weighted by molar-refractivity contribution is 0.0692. The predicted octanol–water partition coefficient (Wildman–Crippen LogP) is 2.88. The van der Waals surface area contributed by atoms with Gasteiger partial charge in [-0.2, -0.15) is 5.26 Å². The van der Waals surface area contributed by atoms with Crippen LogP contribution in [0.3, 0.4) is 0 Å². The van der Waals surface area contributed by atoms with Gasteiger partial charge in [0.2, 0.25) is 0 Å². The molecular weight excluding hydrogens is 244 g/mol. The smallest absolute Gasteiger partial charge is 0.339 e. The van der Waals surface area contributed by atoms with Crippen molar-refractivity contribution in [3.63, 3.8) is 0 Å². The van der Waals surface area contributed by atoms with Gasteiger partial charge >= 0.3 is 5.97 Å². The molecule has 1 aromatic heterocycles. The van der Waals surface area contributed by atoms with E-state index in [1.807, 2.05) is 13.8 Å². The molecule has 0 amide bonds. The van der Waals surface area contributed by atoms with E-state index in [4.69, 9.17) is 15.1 Å². The molecule has 0 aliphatic carbocycles. The number of carboxylic acids is 1. The molecule has 0 aromatic carbocycles. The van der Waals surface area contributed by atoms with E-state index in [1.54, 1.807) is 0 Å². The summed E-state index contributed by atoms with van der Waals surface area (Å²) >= 11 is 0. The van der Waals surface area contributed by atoms with Crippen molar-refractivity contribution in [2.75, 3.05) is 6.61 Å². The van der Waals surface area contributed by atoms with E-state index in [2.05, 4.69) is 11.1 Å². The topological polar surface area (TPSA) is 83.2 Å². The number of carbonyl (C=O) groups is 1. The third-order valence-electron chi connectivity index (χ3n) is 2.77. The van der Waals surface area contributed by atoms with Crippen LogP contribution in [0.25, 0.3) is 0 Å². The molecule has 1 aromatic rings. The number of nitriles is 1. The van der Waals surface area contributed by atoms with E-state index in [1.165, 1.54) is 18.5 Å². The Morgan fingerprint density at radius 1 is 1.53 bits per heavy atom. The highest BCUT2D eigenvalue weighted by Gasteiger charge is 2.15. The molecule has 5 heteroatoms. The summed E-state index contributed by atoms with van der Waals surface area (Å²) in [5.41, 5.74) is -0.201. The van der Waals surface area contributed by atoms with Gasteiger partial charge in [-0.05, 0) is 39.2 Å². The van der Waals surface area contributed by atoms with Gasteiger partial charge in [0.15, 0.2) is 5.75 Å². The number of aromatic carboxylic acids is 1. The number of pyridine rings is 1. The number of ether oxygens (including phenoxy) is 1. The molecule has 1 N–H and O–H groups in total.